The second kappa shape index (κ2) is 12.1. The number of unbranched alkanes of at least 4 members (excludes halogenated alkanes) is 3. The lowest BCUT2D eigenvalue weighted by Gasteiger charge is -2.30. The van der Waals surface area contributed by atoms with Crippen LogP contribution in [0.4, 0.5) is 0 Å². The molecule has 2 aromatic rings. The molecule has 0 amide bonds. The second-order valence-electron chi connectivity index (χ2n) is 9.50. The molecule has 0 spiro atoms. The van der Waals surface area contributed by atoms with E-state index in [1.165, 1.54) is 42.5 Å². The van der Waals surface area contributed by atoms with Gasteiger partial charge in [-0.3, -0.25) is 0 Å². The van der Waals surface area contributed by atoms with Crippen molar-refractivity contribution in [1.82, 2.24) is 0 Å². The van der Waals surface area contributed by atoms with Crippen molar-refractivity contribution in [2.24, 2.45) is 10.3 Å². The molecule has 0 fully saturated rings. The topological polar surface area (TPSA) is 77.3 Å². The molecule has 36 heavy (non-hydrogen) atoms. The fraction of sp³-hybridized carbons (Fsp3) is 0.467. The number of hydrogen-bond donors (Lipinski definition) is 0. The van der Waals surface area contributed by atoms with Gasteiger partial charge in [0.25, 0.3) is 0 Å². The molecule has 2 aromatic carbocycles. The maximum Gasteiger partial charge on any atom is 0.331 e. The fourth-order valence-corrected chi connectivity index (χ4v) is 5.18. The van der Waals surface area contributed by atoms with Gasteiger partial charge in [-0.15, -0.1) is 0 Å². The molecule has 6 heteroatoms. The van der Waals surface area contributed by atoms with E-state index < -0.39 is 11.9 Å². The molecular formula is C30H38N2O4. The van der Waals surface area contributed by atoms with Crippen LogP contribution in [0.5, 0.6) is 0 Å². The smallest absolute Gasteiger partial charge is 0.318 e. The fourth-order valence-electron chi connectivity index (χ4n) is 5.18. The van der Waals surface area contributed by atoms with E-state index in [4.69, 9.17) is 9.68 Å². The van der Waals surface area contributed by atoms with E-state index in [1.54, 1.807) is 0 Å². The van der Waals surface area contributed by atoms with Crippen LogP contribution in [0, 0.1) is 0 Å². The Labute approximate surface area is 214 Å². The number of benzene rings is 2. The van der Waals surface area contributed by atoms with Crippen LogP contribution in [0.25, 0.3) is 11.1 Å². The van der Waals surface area contributed by atoms with Gasteiger partial charge >= 0.3 is 11.9 Å². The number of nitrogens with zero attached hydrogens (tertiary/aromatic N) is 2. The van der Waals surface area contributed by atoms with Crippen molar-refractivity contribution in [3.63, 3.8) is 0 Å². The normalized spacial score (nSPS) is 14.3. The number of rotatable bonds is 11. The Morgan fingerprint density at radius 3 is 1.86 bits per heavy atom. The van der Waals surface area contributed by atoms with Crippen LogP contribution in [0.3, 0.4) is 0 Å². The van der Waals surface area contributed by atoms with Gasteiger partial charge in [0.1, 0.15) is 0 Å². The third kappa shape index (κ3) is 5.75. The summed E-state index contributed by atoms with van der Waals surface area (Å²) in [7, 11) is 0. The molecule has 0 heterocycles. The van der Waals surface area contributed by atoms with Gasteiger partial charge in [0.15, 0.2) is 0 Å². The minimum atomic E-state index is -0.437. The maximum atomic E-state index is 11.5. The molecule has 0 aliphatic heterocycles. The van der Waals surface area contributed by atoms with E-state index >= 15 is 0 Å². The third-order valence-corrected chi connectivity index (χ3v) is 7.18. The van der Waals surface area contributed by atoms with Crippen molar-refractivity contribution < 1.29 is 19.3 Å². The molecule has 0 radical (unpaired) electrons. The summed E-state index contributed by atoms with van der Waals surface area (Å²) >= 11 is 0. The van der Waals surface area contributed by atoms with Gasteiger partial charge in [0, 0.05) is 19.3 Å². The lowest BCUT2D eigenvalue weighted by molar-refractivity contribution is -0.141. The van der Waals surface area contributed by atoms with Gasteiger partial charge in [-0.25, -0.2) is 9.59 Å². The van der Waals surface area contributed by atoms with Gasteiger partial charge in [-0.1, -0.05) is 74.6 Å². The quantitative estimate of drug-likeness (QED) is 0.143. The lowest BCUT2D eigenvalue weighted by Crippen LogP contribution is -2.24. The minimum Gasteiger partial charge on any atom is -0.318 e. The van der Waals surface area contributed by atoms with Crippen molar-refractivity contribution >= 4 is 23.4 Å². The highest BCUT2D eigenvalue weighted by atomic mass is 16.7. The number of oxime groups is 2. The number of carbonyl (C=O) groups is 2. The van der Waals surface area contributed by atoms with E-state index in [0.29, 0.717) is 5.71 Å². The first-order valence-electron chi connectivity index (χ1n) is 13.0. The summed E-state index contributed by atoms with van der Waals surface area (Å²) in [5.74, 6) is -0.850. The van der Waals surface area contributed by atoms with Crippen LogP contribution in [-0.2, 0) is 24.7 Å². The maximum absolute atomic E-state index is 11.5. The largest absolute Gasteiger partial charge is 0.331 e. The molecule has 0 N–H and O–H groups in total. The Hall–Kier alpha value is -3.28. The number of hydrogen-bond acceptors (Lipinski definition) is 6. The Kier molecular flexibility index (Phi) is 9.19. The Balaban J connectivity index is 2.06. The van der Waals surface area contributed by atoms with E-state index in [0.717, 1.165) is 55.4 Å². The van der Waals surface area contributed by atoms with Crippen LogP contribution >= 0.6 is 0 Å². The molecule has 0 saturated heterocycles. The van der Waals surface area contributed by atoms with Crippen molar-refractivity contribution in [3.8, 4) is 11.1 Å². The minimum absolute atomic E-state index is 0.160. The summed E-state index contributed by atoms with van der Waals surface area (Å²) in [4.78, 5) is 32.7. The average Bonchev–Trinajstić information content (AvgIpc) is 3.15. The molecule has 0 bridgehead atoms. The summed E-state index contributed by atoms with van der Waals surface area (Å²) in [5.41, 5.74) is 8.21. The Morgan fingerprint density at radius 1 is 0.750 bits per heavy atom. The first-order valence-corrected chi connectivity index (χ1v) is 13.0. The molecule has 6 nitrogen and oxygen atoms in total. The zero-order chi connectivity index (χ0) is 26.3. The zero-order valence-corrected chi connectivity index (χ0v) is 22.4. The molecular weight excluding hydrogens is 452 g/mol. The van der Waals surface area contributed by atoms with Gasteiger partial charge < -0.3 is 9.68 Å². The Morgan fingerprint density at radius 2 is 1.31 bits per heavy atom. The second-order valence-corrected chi connectivity index (χ2v) is 9.50. The first-order chi connectivity index (χ1) is 17.3. The highest BCUT2D eigenvalue weighted by Gasteiger charge is 2.41. The van der Waals surface area contributed by atoms with Gasteiger partial charge in [-0.2, -0.15) is 0 Å². The monoisotopic (exact) mass is 490 g/mol. The summed E-state index contributed by atoms with van der Waals surface area (Å²) < 4.78 is 0. The summed E-state index contributed by atoms with van der Waals surface area (Å²) in [6.45, 7) is 11.2. The van der Waals surface area contributed by atoms with Crippen LogP contribution in [0.1, 0.15) is 109 Å². The van der Waals surface area contributed by atoms with Crippen molar-refractivity contribution in [2.45, 2.75) is 91.9 Å². The van der Waals surface area contributed by atoms with Gasteiger partial charge in [0.05, 0.1) is 11.4 Å². The predicted molar refractivity (Wildman–Crippen MR) is 144 cm³/mol. The van der Waals surface area contributed by atoms with Gasteiger partial charge in [0.2, 0.25) is 0 Å². The van der Waals surface area contributed by atoms with Crippen LogP contribution < -0.4 is 0 Å². The number of fused-ring (bicyclic) bond motifs is 3. The van der Waals surface area contributed by atoms with Crippen molar-refractivity contribution in [2.75, 3.05) is 0 Å². The lowest BCUT2D eigenvalue weighted by atomic mass is 9.73. The molecule has 0 aromatic heterocycles. The molecule has 1 aliphatic rings. The Bertz CT molecular complexity index is 1180. The van der Waals surface area contributed by atoms with Crippen LogP contribution in [0.2, 0.25) is 0 Å². The van der Waals surface area contributed by atoms with E-state index in [-0.39, 0.29) is 5.41 Å². The van der Waals surface area contributed by atoms with E-state index in [2.05, 4.69) is 61.4 Å². The van der Waals surface area contributed by atoms with Crippen molar-refractivity contribution in [1.29, 1.82) is 0 Å². The average molecular weight is 491 g/mol. The van der Waals surface area contributed by atoms with E-state index in [9.17, 15) is 9.59 Å². The SMILES string of the molecule is CCCCCC/C(=N\OC(C)=O)c1ccc2c(c1)C(CC)(CC)c1cc(/C(C)=N/OC(C)=O)ccc1-2. The van der Waals surface area contributed by atoms with E-state index in [1.807, 2.05) is 13.0 Å². The molecule has 1 aliphatic carbocycles. The molecule has 3 rings (SSSR count). The predicted octanol–water partition coefficient (Wildman–Crippen LogP) is 7.30. The standard InChI is InChI=1S/C30H38N2O4/c1-7-10-11-12-13-29(32-36-22(6)34)24-15-17-26-25-16-14-23(20(4)31-35-21(5)33)18-27(25)30(8-2,9-3)28(26)19-24/h14-19H,7-13H2,1-6H3/b31-20+,32-29+. The third-order valence-electron chi connectivity index (χ3n) is 7.18. The molecule has 0 unspecified atom stereocenters. The summed E-state index contributed by atoms with van der Waals surface area (Å²) in [6, 6.07) is 12.9. The van der Waals surface area contributed by atoms with Crippen molar-refractivity contribution in [3.05, 3.63) is 58.7 Å². The zero-order valence-electron chi connectivity index (χ0n) is 22.4. The highest BCUT2D eigenvalue weighted by Crippen LogP contribution is 2.53. The first kappa shape index (κ1) is 27.3. The summed E-state index contributed by atoms with van der Waals surface area (Å²) in [6.07, 6.45) is 7.10. The highest BCUT2D eigenvalue weighted by molar-refractivity contribution is 6.02. The van der Waals surface area contributed by atoms with Crippen LogP contribution in [0.15, 0.2) is 46.7 Å². The molecule has 192 valence electrons. The van der Waals surface area contributed by atoms with Gasteiger partial charge in [-0.05, 0) is 78.1 Å². The molecule has 0 atom stereocenters. The summed E-state index contributed by atoms with van der Waals surface area (Å²) in [5, 5.41) is 8.24. The number of carbonyl (C=O) groups excluding carboxylic acids is 2. The van der Waals surface area contributed by atoms with Crippen LogP contribution in [-0.4, -0.2) is 23.4 Å². The molecule has 0 saturated carbocycles.